The zero-order valence-electron chi connectivity index (χ0n) is 12.5. The minimum atomic E-state index is 0.119. The van der Waals surface area contributed by atoms with Gasteiger partial charge in [0.2, 0.25) is 5.91 Å². The molecule has 0 fully saturated rings. The second-order valence-electron chi connectivity index (χ2n) is 5.59. The van der Waals surface area contributed by atoms with Crippen molar-refractivity contribution in [3.05, 3.63) is 64.6 Å². The molecule has 1 amide bonds. The van der Waals surface area contributed by atoms with E-state index in [9.17, 15) is 4.79 Å². The lowest BCUT2D eigenvalue weighted by molar-refractivity contribution is -0.137. The summed E-state index contributed by atoms with van der Waals surface area (Å²) >= 11 is 1.61. The molecule has 1 unspecified atom stereocenters. The highest BCUT2D eigenvalue weighted by Gasteiger charge is 2.25. The molecule has 1 atom stereocenters. The molecule has 2 aromatic rings. The van der Waals surface area contributed by atoms with Crippen LogP contribution >= 0.6 is 11.3 Å². The number of carbonyl (C=O) groups is 1. The van der Waals surface area contributed by atoms with Crippen LogP contribution in [0.15, 0.2) is 54.1 Å². The zero-order chi connectivity index (χ0) is 15.2. The number of allylic oxidation sites excluding steroid dienone is 2. The molecule has 4 heteroatoms. The van der Waals surface area contributed by atoms with Crippen LogP contribution in [0.4, 0.5) is 0 Å². The fourth-order valence-corrected chi connectivity index (χ4v) is 3.42. The maximum absolute atomic E-state index is 12.9. The summed E-state index contributed by atoms with van der Waals surface area (Å²) in [5.74, 6) is 0.372. The van der Waals surface area contributed by atoms with Gasteiger partial charge in [-0.05, 0) is 24.8 Å². The number of carbonyl (C=O) groups excluding carboxylic acids is 1. The number of hydrogen-bond acceptors (Lipinski definition) is 3. The first-order chi connectivity index (χ1) is 10.8. The normalized spacial score (nSPS) is 17.4. The molecule has 3 nitrogen and oxygen atoms in total. The summed E-state index contributed by atoms with van der Waals surface area (Å²) in [7, 11) is 0. The number of thiazole rings is 1. The van der Waals surface area contributed by atoms with Crippen molar-refractivity contribution in [2.45, 2.75) is 32.4 Å². The van der Waals surface area contributed by atoms with Crippen molar-refractivity contribution in [3.8, 4) is 0 Å². The summed E-state index contributed by atoms with van der Waals surface area (Å²) in [5.41, 5.74) is 1.17. The van der Waals surface area contributed by atoms with Crippen molar-refractivity contribution in [2.24, 2.45) is 5.92 Å². The van der Waals surface area contributed by atoms with Gasteiger partial charge in [-0.25, -0.2) is 4.98 Å². The van der Waals surface area contributed by atoms with Crippen LogP contribution in [0.5, 0.6) is 0 Å². The second-order valence-corrected chi connectivity index (χ2v) is 6.57. The summed E-state index contributed by atoms with van der Waals surface area (Å²) in [4.78, 5) is 19.2. The topological polar surface area (TPSA) is 33.2 Å². The van der Waals surface area contributed by atoms with Crippen LogP contribution in [0, 0.1) is 5.92 Å². The molecule has 114 valence electrons. The number of hydrogen-bond donors (Lipinski definition) is 0. The smallest absolute Gasteiger partial charge is 0.226 e. The first-order valence-electron chi connectivity index (χ1n) is 7.69. The van der Waals surface area contributed by atoms with E-state index >= 15 is 0 Å². The Morgan fingerprint density at radius 1 is 1.23 bits per heavy atom. The van der Waals surface area contributed by atoms with Crippen LogP contribution in [0.25, 0.3) is 0 Å². The Bertz CT molecular complexity index is 622. The molecule has 1 aromatic carbocycles. The van der Waals surface area contributed by atoms with Gasteiger partial charge in [0.1, 0.15) is 5.01 Å². The maximum atomic E-state index is 12.9. The van der Waals surface area contributed by atoms with Gasteiger partial charge in [-0.1, -0.05) is 42.5 Å². The molecule has 0 bridgehead atoms. The maximum Gasteiger partial charge on any atom is 0.226 e. The number of amides is 1. The average molecular weight is 312 g/mol. The monoisotopic (exact) mass is 312 g/mol. The summed E-state index contributed by atoms with van der Waals surface area (Å²) in [5, 5.41) is 2.96. The number of aromatic nitrogens is 1. The molecule has 1 aliphatic rings. The summed E-state index contributed by atoms with van der Waals surface area (Å²) in [6.07, 6.45) is 8.93. The Kier molecular flexibility index (Phi) is 5.01. The molecule has 1 heterocycles. The molecule has 1 aliphatic carbocycles. The van der Waals surface area contributed by atoms with Crippen LogP contribution < -0.4 is 0 Å². The summed E-state index contributed by atoms with van der Waals surface area (Å²) < 4.78 is 0. The summed E-state index contributed by atoms with van der Waals surface area (Å²) in [6, 6.07) is 10.2. The molecule has 0 N–H and O–H groups in total. The lowest BCUT2D eigenvalue weighted by atomic mass is 9.93. The fourth-order valence-electron chi connectivity index (χ4n) is 2.79. The van der Waals surface area contributed by atoms with Crippen LogP contribution in [-0.2, 0) is 17.9 Å². The molecular weight excluding hydrogens is 292 g/mol. The van der Waals surface area contributed by atoms with Gasteiger partial charge >= 0.3 is 0 Å². The zero-order valence-corrected chi connectivity index (χ0v) is 13.3. The molecule has 22 heavy (non-hydrogen) atoms. The van der Waals surface area contributed by atoms with E-state index in [0.717, 1.165) is 24.3 Å². The Labute approximate surface area is 135 Å². The lowest BCUT2D eigenvalue weighted by Crippen LogP contribution is -2.35. The predicted octanol–water partition coefficient (Wildman–Crippen LogP) is 4.03. The SMILES string of the molecule is O=C(C1CC=CCC1)N(Cc1ccccc1)Cc1nccs1. The molecule has 0 aliphatic heterocycles. The van der Waals surface area contributed by atoms with Crippen LogP contribution in [0.3, 0.4) is 0 Å². The Morgan fingerprint density at radius 2 is 2.09 bits per heavy atom. The van der Waals surface area contributed by atoms with Crippen molar-refractivity contribution >= 4 is 17.2 Å². The third-order valence-corrected chi connectivity index (χ3v) is 4.72. The first kappa shape index (κ1) is 15.0. The molecular formula is C18H20N2OS. The predicted molar refractivity (Wildman–Crippen MR) is 89.3 cm³/mol. The molecule has 1 aromatic heterocycles. The molecule has 3 rings (SSSR count). The highest BCUT2D eigenvalue weighted by molar-refractivity contribution is 7.09. The van der Waals surface area contributed by atoms with Gasteiger partial charge in [0.15, 0.2) is 0 Å². The van der Waals surface area contributed by atoms with Gasteiger partial charge in [-0.3, -0.25) is 4.79 Å². The highest BCUT2D eigenvalue weighted by atomic mass is 32.1. The van der Waals surface area contributed by atoms with E-state index in [1.165, 1.54) is 5.56 Å². The van der Waals surface area contributed by atoms with Gasteiger partial charge in [0, 0.05) is 24.0 Å². The van der Waals surface area contributed by atoms with Crippen LogP contribution in [-0.4, -0.2) is 15.8 Å². The Hall–Kier alpha value is -1.94. The van der Waals surface area contributed by atoms with Gasteiger partial charge in [-0.2, -0.15) is 0 Å². The van der Waals surface area contributed by atoms with Crippen LogP contribution in [0.2, 0.25) is 0 Å². The fraction of sp³-hybridized carbons (Fsp3) is 0.333. The van der Waals surface area contributed by atoms with Crippen molar-refractivity contribution in [2.75, 3.05) is 0 Å². The van der Waals surface area contributed by atoms with E-state index in [1.54, 1.807) is 17.5 Å². The second kappa shape index (κ2) is 7.36. The molecule has 0 spiro atoms. The number of rotatable bonds is 5. The molecule has 0 saturated carbocycles. The van der Waals surface area contributed by atoms with E-state index in [4.69, 9.17) is 0 Å². The van der Waals surface area contributed by atoms with Crippen molar-refractivity contribution in [1.82, 2.24) is 9.88 Å². The van der Waals surface area contributed by atoms with Gasteiger partial charge in [0.05, 0.1) is 6.54 Å². The van der Waals surface area contributed by atoms with E-state index in [0.29, 0.717) is 13.1 Å². The quantitative estimate of drug-likeness (QED) is 0.781. The van der Waals surface area contributed by atoms with Gasteiger partial charge in [-0.15, -0.1) is 11.3 Å². The van der Waals surface area contributed by atoms with Gasteiger partial charge < -0.3 is 4.90 Å². The summed E-state index contributed by atoms with van der Waals surface area (Å²) in [6.45, 7) is 1.26. The number of nitrogens with zero attached hydrogens (tertiary/aromatic N) is 2. The minimum Gasteiger partial charge on any atom is -0.331 e. The highest BCUT2D eigenvalue weighted by Crippen LogP contribution is 2.23. The van der Waals surface area contributed by atoms with E-state index in [1.807, 2.05) is 28.5 Å². The standard InChI is InChI=1S/C18H20N2OS/c21-18(16-9-5-2-6-10-16)20(14-17-19-11-12-22-17)13-15-7-3-1-4-8-15/h1-5,7-8,11-12,16H,6,9-10,13-14H2. The third kappa shape index (κ3) is 3.83. The Morgan fingerprint density at radius 3 is 2.77 bits per heavy atom. The van der Waals surface area contributed by atoms with Crippen molar-refractivity contribution < 1.29 is 4.79 Å². The van der Waals surface area contributed by atoms with E-state index < -0.39 is 0 Å². The van der Waals surface area contributed by atoms with Gasteiger partial charge in [0.25, 0.3) is 0 Å². The van der Waals surface area contributed by atoms with Crippen molar-refractivity contribution in [3.63, 3.8) is 0 Å². The van der Waals surface area contributed by atoms with Crippen molar-refractivity contribution in [1.29, 1.82) is 0 Å². The van der Waals surface area contributed by atoms with E-state index in [2.05, 4.69) is 29.3 Å². The number of benzene rings is 1. The Balaban J connectivity index is 1.75. The average Bonchev–Trinajstić information content (AvgIpc) is 3.08. The van der Waals surface area contributed by atoms with E-state index in [-0.39, 0.29) is 11.8 Å². The molecule has 0 radical (unpaired) electrons. The largest absolute Gasteiger partial charge is 0.331 e. The van der Waals surface area contributed by atoms with Crippen LogP contribution in [0.1, 0.15) is 29.8 Å². The third-order valence-electron chi connectivity index (χ3n) is 3.96. The lowest BCUT2D eigenvalue weighted by Gasteiger charge is -2.27. The molecule has 0 saturated heterocycles. The minimum absolute atomic E-state index is 0.119. The first-order valence-corrected chi connectivity index (χ1v) is 8.57.